The highest BCUT2D eigenvalue weighted by molar-refractivity contribution is 6.14. The zero-order valence-electron chi connectivity index (χ0n) is 13.1. The molecule has 0 saturated heterocycles. The predicted octanol–water partition coefficient (Wildman–Crippen LogP) is 0.965. The minimum atomic E-state index is -0.758. The lowest BCUT2D eigenvalue weighted by atomic mass is 10.3. The minimum absolute atomic E-state index is 0.160. The van der Waals surface area contributed by atoms with Crippen LogP contribution in [0, 0.1) is 0 Å². The highest BCUT2D eigenvalue weighted by Crippen LogP contribution is 2.09. The maximum Gasteiger partial charge on any atom is 0.347 e. The number of nitrogens with one attached hydrogen (secondary N) is 1. The van der Waals surface area contributed by atoms with E-state index in [1.807, 2.05) is 14.1 Å². The van der Waals surface area contributed by atoms with E-state index in [9.17, 15) is 9.59 Å². The molecule has 8 nitrogen and oxygen atoms in total. The van der Waals surface area contributed by atoms with Gasteiger partial charge in [0.05, 0.1) is 25.6 Å². The number of hydrogen-bond donors (Lipinski definition) is 1. The van der Waals surface area contributed by atoms with E-state index < -0.39 is 11.9 Å². The van der Waals surface area contributed by atoms with E-state index in [-0.39, 0.29) is 18.8 Å². The van der Waals surface area contributed by atoms with Crippen LogP contribution < -0.4 is 10.2 Å². The molecule has 1 aromatic rings. The molecule has 1 rings (SSSR count). The number of carbonyl (C=O) groups is 2. The Morgan fingerprint density at radius 1 is 1.14 bits per heavy atom. The van der Waals surface area contributed by atoms with Gasteiger partial charge in [0.2, 0.25) is 0 Å². The SMILES string of the molecule is CCOC(=O)C(=CNc1cnc(N(C)C)cn1)C(=O)OCC. The fraction of sp³-hybridized carbons (Fsp3) is 0.429. The van der Waals surface area contributed by atoms with Gasteiger partial charge in [-0.1, -0.05) is 0 Å². The molecule has 8 heteroatoms. The predicted molar refractivity (Wildman–Crippen MR) is 81.3 cm³/mol. The molecule has 0 saturated carbocycles. The number of carbonyl (C=O) groups excluding carboxylic acids is 2. The van der Waals surface area contributed by atoms with Crippen LogP contribution >= 0.6 is 0 Å². The standard InChI is InChI=1S/C14H20N4O4/c1-5-21-13(19)10(14(20)22-6-2)7-15-11-8-17-12(9-16-11)18(3)4/h7-9H,5-6H2,1-4H3,(H,15,16). The normalized spacial score (nSPS) is 9.64. The summed E-state index contributed by atoms with van der Waals surface area (Å²) in [6.07, 6.45) is 4.25. The third-order valence-electron chi connectivity index (χ3n) is 2.45. The van der Waals surface area contributed by atoms with Crippen molar-refractivity contribution in [1.82, 2.24) is 9.97 Å². The van der Waals surface area contributed by atoms with Crippen LogP contribution in [0.2, 0.25) is 0 Å². The molecule has 1 N–H and O–H groups in total. The number of hydrogen-bond acceptors (Lipinski definition) is 8. The Morgan fingerprint density at radius 3 is 2.14 bits per heavy atom. The molecule has 0 aromatic carbocycles. The summed E-state index contributed by atoms with van der Waals surface area (Å²) in [5, 5.41) is 2.73. The Hall–Kier alpha value is -2.64. The molecule has 0 aliphatic rings. The van der Waals surface area contributed by atoms with Gasteiger partial charge < -0.3 is 19.7 Å². The van der Waals surface area contributed by atoms with Gasteiger partial charge in [-0.2, -0.15) is 0 Å². The Balaban J connectivity index is 2.87. The molecule has 0 atom stereocenters. The van der Waals surface area contributed by atoms with Crippen molar-refractivity contribution in [2.24, 2.45) is 0 Å². The van der Waals surface area contributed by atoms with Gasteiger partial charge in [0.15, 0.2) is 5.57 Å². The maximum absolute atomic E-state index is 11.8. The van der Waals surface area contributed by atoms with Crippen LogP contribution in [0.25, 0.3) is 0 Å². The largest absolute Gasteiger partial charge is 0.462 e. The fourth-order valence-corrected chi connectivity index (χ4v) is 1.39. The van der Waals surface area contributed by atoms with Crippen molar-refractivity contribution in [3.63, 3.8) is 0 Å². The van der Waals surface area contributed by atoms with Gasteiger partial charge in [0, 0.05) is 20.3 Å². The van der Waals surface area contributed by atoms with Crippen molar-refractivity contribution < 1.29 is 19.1 Å². The Morgan fingerprint density at radius 2 is 1.73 bits per heavy atom. The maximum atomic E-state index is 11.8. The summed E-state index contributed by atoms with van der Waals surface area (Å²) in [4.78, 5) is 33.6. The van der Waals surface area contributed by atoms with Crippen molar-refractivity contribution in [2.45, 2.75) is 13.8 Å². The molecule has 0 spiro atoms. The summed E-state index contributed by atoms with van der Waals surface area (Å²) < 4.78 is 9.64. The zero-order valence-corrected chi connectivity index (χ0v) is 13.1. The average Bonchev–Trinajstić information content (AvgIpc) is 2.48. The Kier molecular flexibility index (Phi) is 6.81. The topological polar surface area (TPSA) is 93.6 Å². The summed E-state index contributed by atoms with van der Waals surface area (Å²) in [5.74, 6) is -0.445. The van der Waals surface area contributed by atoms with Crippen LogP contribution in [0.5, 0.6) is 0 Å². The highest BCUT2D eigenvalue weighted by atomic mass is 16.6. The first-order valence-corrected chi connectivity index (χ1v) is 6.79. The molecule has 0 aliphatic carbocycles. The molecule has 0 fully saturated rings. The van der Waals surface area contributed by atoms with Crippen LogP contribution in [0.4, 0.5) is 11.6 Å². The van der Waals surface area contributed by atoms with E-state index in [1.165, 1.54) is 12.4 Å². The number of esters is 2. The van der Waals surface area contributed by atoms with Gasteiger partial charge in [-0.25, -0.2) is 19.6 Å². The van der Waals surface area contributed by atoms with Gasteiger partial charge in [0.1, 0.15) is 11.6 Å². The van der Waals surface area contributed by atoms with Crippen LogP contribution in [-0.2, 0) is 19.1 Å². The van der Waals surface area contributed by atoms with E-state index in [1.54, 1.807) is 24.9 Å². The van der Waals surface area contributed by atoms with Gasteiger partial charge in [-0.05, 0) is 13.8 Å². The third-order valence-corrected chi connectivity index (χ3v) is 2.45. The number of ether oxygens (including phenoxy) is 2. The fourth-order valence-electron chi connectivity index (χ4n) is 1.39. The van der Waals surface area contributed by atoms with Gasteiger partial charge in [-0.3, -0.25) is 0 Å². The summed E-state index contributed by atoms with van der Waals surface area (Å²) >= 11 is 0. The molecule has 0 unspecified atom stereocenters. The molecule has 0 amide bonds. The summed E-state index contributed by atoms with van der Waals surface area (Å²) in [7, 11) is 3.69. The lowest BCUT2D eigenvalue weighted by molar-refractivity contribution is -0.146. The second kappa shape index (κ2) is 8.60. The van der Waals surface area contributed by atoms with Crippen LogP contribution in [0.3, 0.4) is 0 Å². The smallest absolute Gasteiger partial charge is 0.347 e. The first-order valence-electron chi connectivity index (χ1n) is 6.79. The summed E-state index contributed by atoms with van der Waals surface area (Å²) in [6, 6.07) is 0. The average molecular weight is 308 g/mol. The van der Waals surface area contributed by atoms with E-state index in [2.05, 4.69) is 15.3 Å². The van der Waals surface area contributed by atoms with Crippen LogP contribution in [-0.4, -0.2) is 49.2 Å². The molecule has 1 aromatic heterocycles. The van der Waals surface area contributed by atoms with E-state index in [4.69, 9.17) is 9.47 Å². The molecule has 1 heterocycles. The monoisotopic (exact) mass is 308 g/mol. The molecule has 0 bridgehead atoms. The molecular weight excluding hydrogens is 288 g/mol. The highest BCUT2D eigenvalue weighted by Gasteiger charge is 2.20. The van der Waals surface area contributed by atoms with Crippen molar-refractivity contribution in [1.29, 1.82) is 0 Å². The zero-order chi connectivity index (χ0) is 16.5. The van der Waals surface area contributed by atoms with E-state index in [0.29, 0.717) is 11.6 Å². The molecule has 120 valence electrons. The van der Waals surface area contributed by atoms with Crippen LogP contribution in [0.15, 0.2) is 24.2 Å². The van der Waals surface area contributed by atoms with Gasteiger partial charge >= 0.3 is 11.9 Å². The molecule has 22 heavy (non-hydrogen) atoms. The lowest BCUT2D eigenvalue weighted by Crippen LogP contribution is -2.19. The Bertz CT molecular complexity index is 520. The second-order valence-corrected chi connectivity index (χ2v) is 4.30. The first-order chi connectivity index (χ1) is 10.5. The second-order valence-electron chi connectivity index (χ2n) is 4.30. The number of nitrogens with zero attached hydrogens (tertiary/aromatic N) is 3. The lowest BCUT2D eigenvalue weighted by Gasteiger charge is -2.10. The summed E-state index contributed by atoms with van der Waals surface area (Å²) in [5.41, 5.74) is -0.234. The number of aromatic nitrogens is 2. The molecule has 0 aliphatic heterocycles. The van der Waals surface area contributed by atoms with Crippen LogP contribution in [0.1, 0.15) is 13.8 Å². The molecular formula is C14H20N4O4. The number of rotatable bonds is 7. The third kappa shape index (κ3) is 5.04. The first kappa shape index (κ1) is 17.4. The van der Waals surface area contributed by atoms with Crippen molar-refractivity contribution >= 4 is 23.6 Å². The minimum Gasteiger partial charge on any atom is -0.462 e. The Labute approximate surface area is 129 Å². The van der Waals surface area contributed by atoms with Crippen molar-refractivity contribution in [3.8, 4) is 0 Å². The number of anilines is 2. The van der Waals surface area contributed by atoms with Gasteiger partial charge in [0.25, 0.3) is 0 Å². The van der Waals surface area contributed by atoms with E-state index in [0.717, 1.165) is 0 Å². The van der Waals surface area contributed by atoms with Crippen molar-refractivity contribution in [3.05, 3.63) is 24.2 Å². The van der Waals surface area contributed by atoms with Gasteiger partial charge in [-0.15, -0.1) is 0 Å². The quantitative estimate of drug-likeness (QED) is 0.344. The molecule has 0 radical (unpaired) electrons. The van der Waals surface area contributed by atoms with Crippen molar-refractivity contribution in [2.75, 3.05) is 37.5 Å². The van der Waals surface area contributed by atoms with E-state index >= 15 is 0 Å². The summed E-state index contributed by atoms with van der Waals surface area (Å²) in [6.45, 7) is 3.62.